The molecule has 4 aliphatic rings. The van der Waals surface area contributed by atoms with Gasteiger partial charge in [0.25, 0.3) is 11.8 Å². The van der Waals surface area contributed by atoms with E-state index in [1.54, 1.807) is 23.1 Å². The summed E-state index contributed by atoms with van der Waals surface area (Å²) in [4.78, 5) is 65.9. The molecule has 0 bridgehead atoms. The lowest BCUT2D eigenvalue weighted by Gasteiger charge is -2.35. The topological polar surface area (TPSA) is 128 Å². The van der Waals surface area contributed by atoms with Crippen LogP contribution in [-0.2, 0) is 20.9 Å². The number of amides is 4. The Hall–Kier alpha value is -5.25. The van der Waals surface area contributed by atoms with Crippen molar-refractivity contribution in [3.8, 4) is 16.9 Å². The SMILES string of the molecule is C=C(Cl)C(=O)N1CCN(c2ncnc3c(F)c(-c4c(F)cccc4OCCCCCCCCCN4CCC(c5cc(F)cc6c5CN(C5CCC(=O)NC5=O)C6=O)CC4)c(Cl)cc23)CC1. The zero-order chi connectivity index (χ0) is 45.8. The Bertz CT molecular complexity index is 2500. The van der Waals surface area contributed by atoms with E-state index >= 15 is 8.78 Å². The smallest absolute Gasteiger partial charge is 0.264 e. The van der Waals surface area contributed by atoms with Crippen LogP contribution in [0, 0.1) is 17.5 Å². The van der Waals surface area contributed by atoms with Crippen molar-refractivity contribution in [2.24, 2.45) is 0 Å². The molecule has 4 amide bonds. The third-order valence-corrected chi connectivity index (χ3v) is 13.6. The van der Waals surface area contributed by atoms with Crippen molar-refractivity contribution >= 4 is 63.6 Å². The second-order valence-corrected chi connectivity index (χ2v) is 18.2. The van der Waals surface area contributed by atoms with Gasteiger partial charge in [0.15, 0.2) is 5.82 Å². The molecule has 0 saturated carbocycles. The number of unbranched alkanes of at least 4 members (excludes halogenated alkanes) is 6. The highest BCUT2D eigenvalue weighted by atomic mass is 35.5. The molecular weight excluding hydrogens is 882 g/mol. The van der Waals surface area contributed by atoms with Gasteiger partial charge in [-0.05, 0) is 99.1 Å². The maximum Gasteiger partial charge on any atom is 0.264 e. The van der Waals surface area contributed by atoms with E-state index in [1.807, 2.05) is 4.90 Å². The van der Waals surface area contributed by atoms with Gasteiger partial charge in [-0.25, -0.2) is 23.1 Å². The summed E-state index contributed by atoms with van der Waals surface area (Å²) in [6.07, 6.45) is 10.5. The molecule has 0 radical (unpaired) electrons. The first-order chi connectivity index (χ1) is 31.4. The van der Waals surface area contributed by atoms with Crippen molar-refractivity contribution < 1.29 is 37.1 Å². The Morgan fingerprint density at radius 1 is 0.877 bits per heavy atom. The predicted octanol–water partition coefficient (Wildman–Crippen LogP) is 8.52. The van der Waals surface area contributed by atoms with Gasteiger partial charge < -0.3 is 24.3 Å². The minimum atomic E-state index is -0.782. The summed E-state index contributed by atoms with van der Waals surface area (Å²) in [5, 5.41) is 2.63. The molecule has 0 aliphatic carbocycles. The van der Waals surface area contributed by atoms with Crippen molar-refractivity contribution in [3.05, 3.63) is 93.5 Å². The number of benzene rings is 3. The van der Waals surface area contributed by atoms with E-state index in [9.17, 15) is 23.6 Å². The van der Waals surface area contributed by atoms with E-state index in [-0.39, 0.29) is 75.5 Å². The van der Waals surface area contributed by atoms with Crippen LogP contribution >= 0.6 is 23.2 Å². The van der Waals surface area contributed by atoms with E-state index in [2.05, 4.69) is 26.8 Å². The van der Waals surface area contributed by atoms with Crippen LogP contribution in [0.25, 0.3) is 22.0 Å². The first-order valence-electron chi connectivity index (χ1n) is 22.5. The minimum absolute atomic E-state index is 0.00748. The maximum atomic E-state index is 16.4. The molecule has 5 heterocycles. The molecule has 65 heavy (non-hydrogen) atoms. The molecule has 4 aromatic rings. The number of hydrogen-bond acceptors (Lipinski definition) is 9. The Labute approximate surface area is 386 Å². The number of hydrogen-bond donors (Lipinski definition) is 1. The second-order valence-electron chi connectivity index (χ2n) is 17.3. The van der Waals surface area contributed by atoms with E-state index in [4.69, 9.17) is 27.9 Å². The average molecular weight is 935 g/mol. The molecule has 12 nitrogen and oxygen atoms in total. The molecule has 0 spiro atoms. The number of rotatable bonds is 16. The van der Waals surface area contributed by atoms with Crippen molar-refractivity contribution in [2.45, 2.75) is 89.1 Å². The van der Waals surface area contributed by atoms with Crippen LogP contribution in [0.4, 0.5) is 19.0 Å². The van der Waals surface area contributed by atoms with E-state index in [0.29, 0.717) is 49.6 Å². The highest BCUT2D eigenvalue weighted by Crippen LogP contribution is 2.43. The molecule has 1 atom stereocenters. The number of likely N-dealkylation sites (tertiary alicyclic amines) is 1. The minimum Gasteiger partial charge on any atom is -0.493 e. The lowest BCUT2D eigenvalue weighted by molar-refractivity contribution is -0.137. The standard InChI is InChI=1S/C48H52Cl2F3N7O5/c1-29(49)47(63)59-21-19-58(20-22-59)45-34-26-36(50)41(43(53)44(34)54-28-55-45)42-37(52)10-9-11-39(42)65-23-8-6-4-2-3-5-7-16-57-17-14-30(15-18-57)32-24-31(51)25-33-35(32)27-60(48(33)64)38-12-13-40(61)56-46(38)62/h9-11,24-26,28,30,38H,1-8,12-23,27H2,(H,56,61,62). The molecule has 1 aromatic heterocycles. The first-order valence-corrected chi connectivity index (χ1v) is 23.3. The molecular formula is C48H52Cl2F3N7O5. The summed E-state index contributed by atoms with van der Waals surface area (Å²) in [7, 11) is 0. The number of imide groups is 1. The number of carbonyl (C=O) groups is 4. The molecule has 8 rings (SSSR count). The van der Waals surface area contributed by atoms with Gasteiger partial charge in [0, 0.05) is 55.7 Å². The van der Waals surface area contributed by atoms with Gasteiger partial charge in [-0.15, -0.1) is 0 Å². The highest BCUT2D eigenvalue weighted by molar-refractivity contribution is 6.41. The van der Waals surface area contributed by atoms with Crippen LogP contribution < -0.4 is 15.0 Å². The average Bonchev–Trinajstić information content (AvgIpc) is 3.62. The van der Waals surface area contributed by atoms with E-state index in [0.717, 1.165) is 88.5 Å². The molecule has 3 aromatic carbocycles. The summed E-state index contributed by atoms with van der Waals surface area (Å²) in [5.74, 6) is -2.64. The number of nitrogens with zero attached hydrogens (tertiary/aromatic N) is 6. The third kappa shape index (κ3) is 10.1. The van der Waals surface area contributed by atoms with Gasteiger partial charge in [0.1, 0.15) is 41.1 Å². The van der Waals surface area contributed by atoms with Gasteiger partial charge in [-0.3, -0.25) is 24.5 Å². The van der Waals surface area contributed by atoms with Crippen LogP contribution in [-0.4, -0.2) is 107 Å². The zero-order valence-corrected chi connectivity index (χ0v) is 37.7. The number of nitrogens with one attached hydrogen (secondary N) is 1. The molecule has 1 N–H and O–H groups in total. The Balaban J connectivity index is 0.762. The molecule has 344 valence electrons. The fraction of sp³-hybridized carbons (Fsp3) is 0.458. The van der Waals surface area contributed by atoms with Crippen molar-refractivity contribution in [1.82, 2.24) is 30.0 Å². The second kappa shape index (κ2) is 20.5. The van der Waals surface area contributed by atoms with Crippen molar-refractivity contribution in [3.63, 3.8) is 0 Å². The van der Waals surface area contributed by atoms with Crippen molar-refractivity contribution in [1.29, 1.82) is 0 Å². The number of piperazine rings is 1. The van der Waals surface area contributed by atoms with Crippen LogP contribution in [0.2, 0.25) is 5.02 Å². The summed E-state index contributed by atoms with van der Waals surface area (Å²) in [5.41, 5.74) is 1.78. The summed E-state index contributed by atoms with van der Waals surface area (Å²) < 4.78 is 52.8. The Morgan fingerprint density at radius 3 is 2.32 bits per heavy atom. The first kappa shape index (κ1) is 46.3. The van der Waals surface area contributed by atoms with Crippen LogP contribution in [0.1, 0.15) is 98.0 Å². The monoisotopic (exact) mass is 933 g/mol. The van der Waals surface area contributed by atoms with Crippen LogP contribution in [0.15, 0.2) is 54.3 Å². The Morgan fingerprint density at radius 2 is 1.60 bits per heavy atom. The normalized spacial score (nSPS) is 18.4. The molecule has 4 aliphatic heterocycles. The molecule has 1 unspecified atom stereocenters. The fourth-order valence-electron chi connectivity index (χ4n) is 9.75. The third-order valence-electron chi connectivity index (χ3n) is 13.2. The number of aromatic nitrogens is 2. The van der Waals surface area contributed by atoms with Gasteiger partial charge in [0.05, 0.1) is 22.2 Å². The van der Waals surface area contributed by atoms with E-state index in [1.165, 1.54) is 29.4 Å². The number of piperidine rings is 2. The lowest BCUT2D eigenvalue weighted by Crippen LogP contribution is -2.52. The highest BCUT2D eigenvalue weighted by Gasteiger charge is 2.41. The molecule has 3 saturated heterocycles. The van der Waals surface area contributed by atoms with Gasteiger partial charge in [-0.2, -0.15) is 0 Å². The number of ether oxygens (including phenoxy) is 1. The number of fused-ring (bicyclic) bond motifs is 2. The van der Waals surface area contributed by atoms with Crippen LogP contribution in [0.3, 0.4) is 0 Å². The fourth-order valence-corrected chi connectivity index (χ4v) is 10.2. The van der Waals surface area contributed by atoms with Gasteiger partial charge in [0.2, 0.25) is 11.8 Å². The molecule has 3 fully saturated rings. The summed E-state index contributed by atoms with van der Waals surface area (Å²) >= 11 is 12.5. The van der Waals surface area contributed by atoms with Gasteiger partial charge in [-0.1, -0.05) is 68.0 Å². The Kier molecular flexibility index (Phi) is 14.6. The summed E-state index contributed by atoms with van der Waals surface area (Å²) in [6, 6.07) is 8.02. The predicted molar refractivity (Wildman–Crippen MR) is 242 cm³/mol. The zero-order valence-electron chi connectivity index (χ0n) is 36.2. The summed E-state index contributed by atoms with van der Waals surface area (Å²) in [6.45, 7) is 8.44. The van der Waals surface area contributed by atoms with Crippen LogP contribution in [0.5, 0.6) is 5.75 Å². The number of halogens is 5. The molecule has 17 heteroatoms. The largest absolute Gasteiger partial charge is 0.493 e. The quantitative estimate of drug-likeness (QED) is 0.0669. The lowest BCUT2D eigenvalue weighted by atomic mass is 9.85. The van der Waals surface area contributed by atoms with E-state index < -0.39 is 29.4 Å². The number of carbonyl (C=O) groups excluding carboxylic acids is 4. The number of anilines is 1. The maximum absolute atomic E-state index is 16.4. The van der Waals surface area contributed by atoms with Crippen molar-refractivity contribution in [2.75, 3.05) is 57.3 Å². The van der Waals surface area contributed by atoms with Gasteiger partial charge >= 0.3 is 0 Å².